The van der Waals surface area contributed by atoms with E-state index in [0.717, 1.165) is 23.8 Å². The van der Waals surface area contributed by atoms with Crippen LogP contribution < -0.4 is 10.1 Å². The number of rotatable bonds is 6. The van der Waals surface area contributed by atoms with Gasteiger partial charge >= 0.3 is 0 Å². The second-order valence-corrected chi connectivity index (χ2v) is 4.83. The van der Waals surface area contributed by atoms with E-state index in [9.17, 15) is 5.11 Å². The van der Waals surface area contributed by atoms with E-state index in [1.807, 2.05) is 6.07 Å². The maximum Gasteiger partial charge on any atom is 0.120 e. The second kappa shape index (κ2) is 5.41. The minimum Gasteiger partial charge on any atom is -0.508 e. The second-order valence-electron chi connectivity index (χ2n) is 4.83. The van der Waals surface area contributed by atoms with Crippen molar-refractivity contribution in [1.29, 1.82) is 0 Å². The zero-order chi connectivity index (χ0) is 12.3. The number of hydrogen-bond donors (Lipinski definition) is 2. The summed E-state index contributed by atoms with van der Waals surface area (Å²) in [4.78, 5) is 0. The van der Waals surface area contributed by atoms with Crippen LogP contribution in [0.1, 0.15) is 37.8 Å². The Hall–Kier alpha value is -1.22. The predicted octanol–water partition coefficient (Wildman–Crippen LogP) is 2.85. The number of benzene rings is 1. The van der Waals surface area contributed by atoms with Crippen molar-refractivity contribution in [3.05, 3.63) is 23.8 Å². The van der Waals surface area contributed by atoms with Gasteiger partial charge in [0, 0.05) is 11.6 Å². The summed E-state index contributed by atoms with van der Waals surface area (Å²) < 4.78 is 5.17. The number of phenolic OH excluding ortho intramolecular Hbond substituents is 1. The molecule has 2 N–H and O–H groups in total. The fourth-order valence-electron chi connectivity index (χ4n) is 2.03. The monoisotopic (exact) mass is 235 g/mol. The highest BCUT2D eigenvalue weighted by Crippen LogP contribution is 2.32. The lowest BCUT2D eigenvalue weighted by Gasteiger charge is -2.16. The van der Waals surface area contributed by atoms with Gasteiger partial charge in [-0.1, -0.05) is 12.8 Å². The van der Waals surface area contributed by atoms with Crippen LogP contribution in [-0.4, -0.2) is 18.8 Å². The SMILES string of the molecule is COc1ccc(O)c(C(C)NCCC2CC2)c1. The number of aromatic hydroxyl groups is 1. The summed E-state index contributed by atoms with van der Waals surface area (Å²) in [5, 5.41) is 13.3. The van der Waals surface area contributed by atoms with Gasteiger partial charge in [0.2, 0.25) is 0 Å². The zero-order valence-electron chi connectivity index (χ0n) is 10.6. The minimum atomic E-state index is 0.156. The normalized spacial score (nSPS) is 16.8. The molecule has 3 heteroatoms. The first-order chi connectivity index (χ1) is 8.20. The van der Waals surface area contributed by atoms with Gasteiger partial charge in [-0.25, -0.2) is 0 Å². The first kappa shape index (κ1) is 12.2. The quantitative estimate of drug-likeness (QED) is 0.796. The van der Waals surface area contributed by atoms with E-state index in [-0.39, 0.29) is 6.04 Å². The van der Waals surface area contributed by atoms with Gasteiger partial charge in [0.05, 0.1) is 7.11 Å². The first-order valence-corrected chi connectivity index (χ1v) is 6.31. The van der Waals surface area contributed by atoms with Crippen LogP contribution in [0.4, 0.5) is 0 Å². The van der Waals surface area contributed by atoms with Crippen LogP contribution in [0.25, 0.3) is 0 Å². The third-order valence-corrected chi connectivity index (χ3v) is 3.40. The maximum absolute atomic E-state index is 9.83. The van der Waals surface area contributed by atoms with Crippen LogP contribution in [0, 0.1) is 5.92 Å². The van der Waals surface area contributed by atoms with Crippen LogP contribution in [0.2, 0.25) is 0 Å². The van der Waals surface area contributed by atoms with Gasteiger partial charge in [0.15, 0.2) is 0 Å². The topological polar surface area (TPSA) is 41.5 Å². The molecule has 1 aromatic rings. The molecule has 1 fully saturated rings. The smallest absolute Gasteiger partial charge is 0.120 e. The Balaban J connectivity index is 1.93. The van der Waals surface area contributed by atoms with E-state index >= 15 is 0 Å². The van der Waals surface area contributed by atoms with Gasteiger partial charge in [0.25, 0.3) is 0 Å². The lowest BCUT2D eigenvalue weighted by Crippen LogP contribution is -2.20. The summed E-state index contributed by atoms with van der Waals surface area (Å²) in [6.45, 7) is 3.09. The Labute approximate surface area is 103 Å². The molecule has 1 atom stereocenters. The first-order valence-electron chi connectivity index (χ1n) is 6.31. The zero-order valence-corrected chi connectivity index (χ0v) is 10.6. The molecule has 1 aliphatic carbocycles. The highest BCUT2D eigenvalue weighted by atomic mass is 16.5. The molecular formula is C14H21NO2. The van der Waals surface area contributed by atoms with E-state index in [2.05, 4.69) is 12.2 Å². The molecule has 0 radical (unpaired) electrons. The highest BCUT2D eigenvalue weighted by molar-refractivity contribution is 5.41. The summed E-state index contributed by atoms with van der Waals surface area (Å²) >= 11 is 0. The Bertz CT molecular complexity index is 374. The summed E-state index contributed by atoms with van der Waals surface area (Å²) in [7, 11) is 1.64. The van der Waals surface area contributed by atoms with Gasteiger partial charge in [-0.3, -0.25) is 0 Å². The Morgan fingerprint density at radius 1 is 1.47 bits per heavy atom. The maximum atomic E-state index is 9.83. The highest BCUT2D eigenvalue weighted by Gasteiger charge is 2.20. The average Bonchev–Trinajstić information content (AvgIpc) is 3.13. The Morgan fingerprint density at radius 3 is 2.88 bits per heavy atom. The third kappa shape index (κ3) is 3.37. The van der Waals surface area contributed by atoms with Crippen molar-refractivity contribution in [3.8, 4) is 11.5 Å². The van der Waals surface area contributed by atoms with Crippen molar-refractivity contribution in [1.82, 2.24) is 5.32 Å². The van der Waals surface area contributed by atoms with E-state index in [0.29, 0.717) is 5.75 Å². The average molecular weight is 235 g/mol. The van der Waals surface area contributed by atoms with Gasteiger partial charge in [-0.15, -0.1) is 0 Å². The van der Waals surface area contributed by atoms with Crippen molar-refractivity contribution in [2.75, 3.05) is 13.7 Å². The molecule has 0 spiro atoms. The van der Waals surface area contributed by atoms with Gasteiger partial charge in [-0.2, -0.15) is 0 Å². The summed E-state index contributed by atoms with van der Waals surface area (Å²) in [5.41, 5.74) is 0.903. The molecule has 1 aliphatic rings. The number of hydrogen-bond acceptors (Lipinski definition) is 3. The molecule has 0 bridgehead atoms. The van der Waals surface area contributed by atoms with Crippen molar-refractivity contribution in [2.24, 2.45) is 5.92 Å². The van der Waals surface area contributed by atoms with Crippen LogP contribution >= 0.6 is 0 Å². The van der Waals surface area contributed by atoms with Gasteiger partial charge in [0.1, 0.15) is 11.5 Å². The summed E-state index contributed by atoms with van der Waals surface area (Å²) in [6.07, 6.45) is 4.02. The van der Waals surface area contributed by atoms with Crippen molar-refractivity contribution >= 4 is 0 Å². The number of ether oxygens (including phenoxy) is 1. The molecule has 0 amide bonds. The van der Waals surface area contributed by atoms with Crippen molar-refractivity contribution in [3.63, 3.8) is 0 Å². The predicted molar refractivity (Wildman–Crippen MR) is 68.4 cm³/mol. The number of nitrogens with one attached hydrogen (secondary N) is 1. The standard InChI is InChI=1S/C14H21NO2/c1-10(15-8-7-11-3-4-11)13-9-12(17-2)5-6-14(13)16/h5-6,9-11,15-16H,3-4,7-8H2,1-2H3. The number of phenols is 1. The number of methoxy groups -OCH3 is 1. The molecule has 1 saturated carbocycles. The minimum absolute atomic E-state index is 0.156. The lowest BCUT2D eigenvalue weighted by atomic mass is 10.1. The molecule has 0 saturated heterocycles. The van der Waals surface area contributed by atoms with E-state index in [1.165, 1.54) is 19.3 Å². The van der Waals surface area contributed by atoms with Crippen molar-refractivity contribution < 1.29 is 9.84 Å². The molecule has 0 heterocycles. The van der Waals surface area contributed by atoms with E-state index in [1.54, 1.807) is 19.2 Å². The molecule has 94 valence electrons. The lowest BCUT2D eigenvalue weighted by molar-refractivity contribution is 0.407. The van der Waals surface area contributed by atoms with Crippen LogP contribution in [0.15, 0.2) is 18.2 Å². The van der Waals surface area contributed by atoms with Gasteiger partial charge < -0.3 is 15.2 Å². The molecule has 0 aliphatic heterocycles. The molecule has 3 nitrogen and oxygen atoms in total. The molecule has 1 unspecified atom stereocenters. The fourth-order valence-corrected chi connectivity index (χ4v) is 2.03. The fraction of sp³-hybridized carbons (Fsp3) is 0.571. The van der Waals surface area contributed by atoms with Crippen LogP contribution in [0.5, 0.6) is 11.5 Å². The molecule has 17 heavy (non-hydrogen) atoms. The van der Waals surface area contributed by atoms with Gasteiger partial charge in [-0.05, 0) is 44.0 Å². The summed E-state index contributed by atoms with van der Waals surface area (Å²) in [6, 6.07) is 5.51. The summed E-state index contributed by atoms with van der Waals surface area (Å²) in [5.74, 6) is 2.06. The third-order valence-electron chi connectivity index (χ3n) is 3.40. The molecular weight excluding hydrogens is 214 g/mol. The molecule has 2 rings (SSSR count). The molecule has 1 aromatic carbocycles. The Kier molecular flexibility index (Phi) is 3.89. The Morgan fingerprint density at radius 2 is 2.24 bits per heavy atom. The van der Waals surface area contributed by atoms with Crippen molar-refractivity contribution in [2.45, 2.75) is 32.2 Å². The largest absolute Gasteiger partial charge is 0.508 e. The van der Waals surface area contributed by atoms with E-state index < -0.39 is 0 Å². The van der Waals surface area contributed by atoms with Crippen LogP contribution in [-0.2, 0) is 0 Å². The van der Waals surface area contributed by atoms with Crippen LogP contribution in [0.3, 0.4) is 0 Å². The van der Waals surface area contributed by atoms with E-state index in [4.69, 9.17) is 4.74 Å². The molecule has 0 aromatic heterocycles.